The Morgan fingerprint density at radius 3 is 3.11 bits per heavy atom. The van der Waals surface area contributed by atoms with Crippen LogP contribution in [0.4, 0.5) is 0 Å². The van der Waals surface area contributed by atoms with Crippen molar-refractivity contribution >= 4 is 11.3 Å². The van der Waals surface area contributed by atoms with Gasteiger partial charge in [0.25, 0.3) is 0 Å². The Labute approximate surface area is 112 Å². The summed E-state index contributed by atoms with van der Waals surface area (Å²) in [6, 6.07) is 8.20. The van der Waals surface area contributed by atoms with Crippen molar-refractivity contribution in [1.82, 2.24) is 10.3 Å². The van der Waals surface area contributed by atoms with Gasteiger partial charge in [-0.2, -0.15) is 0 Å². The molecule has 2 heterocycles. The highest BCUT2D eigenvalue weighted by atomic mass is 32.1. The Hall–Kier alpha value is -1.39. The molecule has 2 rings (SSSR count). The van der Waals surface area contributed by atoms with E-state index in [-0.39, 0.29) is 0 Å². The van der Waals surface area contributed by atoms with Gasteiger partial charge in [-0.3, -0.25) is 0 Å². The first-order valence-corrected chi connectivity index (χ1v) is 7.07. The lowest BCUT2D eigenvalue weighted by Gasteiger charge is -2.06. The van der Waals surface area contributed by atoms with Gasteiger partial charge in [0.2, 0.25) is 5.88 Å². The zero-order valence-electron chi connectivity index (χ0n) is 10.6. The van der Waals surface area contributed by atoms with Gasteiger partial charge in [0.05, 0.1) is 6.61 Å². The van der Waals surface area contributed by atoms with E-state index in [4.69, 9.17) is 4.74 Å². The fourth-order valence-corrected chi connectivity index (χ4v) is 2.31. The lowest BCUT2D eigenvalue weighted by atomic mass is 10.2. The van der Waals surface area contributed by atoms with Crippen molar-refractivity contribution in [3.63, 3.8) is 0 Å². The minimum atomic E-state index is 0.679. The third-order valence-corrected chi connectivity index (χ3v) is 3.49. The summed E-state index contributed by atoms with van der Waals surface area (Å²) in [5.74, 6) is 0.710. The van der Waals surface area contributed by atoms with Crippen LogP contribution >= 0.6 is 11.3 Å². The molecular formula is C14H18N2OS. The van der Waals surface area contributed by atoms with E-state index in [1.807, 2.05) is 12.1 Å². The van der Waals surface area contributed by atoms with E-state index in [0.717, 1.165) is 19.5 Å². The van der Waals surface area contributed by atoms with Crippen molar-refractivity contribution in [2.45, 2.75) is 19.9 Å². The fourth-order valence-electron chi connectivity index (χ4n) is 1.62. The van der Waals surface area contributed by atoms with Gasteiger partial charge >= 0.3 is 0 Å². The van der Waals surface area contributed by atoms with E-state index in [9.17, 15) is 0 Å². The Balaban J connectivity index is 1.81. The molecule has 4 heteroatoms. The van der Waals surface area contributed by atoms with E-state index in [0.29, 0.717) is 12.5 Å². The molecule has 2 aromatic heterocycles. The molecule has 0 bridgehead atoms. The molecular weight excluding hydrogens is 244 g/mol. The molecule has 0 aliphatic heterocycles. The molecule has 3 nitrogen and oxygen atoms in total. The minimum Gasteiger partial charge on any atom is -0.477 e. The van der Waals surface area contributed by atoms with Gasteiger partial charge in [-0.25, -0.2) is 4.98 Å². The SMILES string of the molecule is CCNCc1ccnc(OCCc2cccs2)c1. The summed E-state index contributed by atoms with van der Waals surface area (Å²) in [6.07, 6.45) is 2.74. The second-order valence-electron chi connectivity index (χ2n) is 3.96. The van der Waals surface area contributed by atoms with Crippen LogP contribution in [0.5, 0.6) is 5.88 Å². The highest BCUT2D eigenvalue weighted by Gasteiger charge is 1.99. The molecule has 18 heavy (non-hydrogen) atoms. The molecule has 0 unspecified atom stereocenters. The van der Waals surface area contributed by atoms with Crippen LogP contribution in [-0.2, 0) is 13.0 Å². The van der Waals surface area contributed by atoms with Gasteiger partial charge in [0.15, 0.2) is 0 Å². The standard InChI is InChI=1S/C14H18N2OS/c1-2-15-11-12-5-7-16-14(10-12)17-8-6-13-4-3-9-18-13/h3-5,7,9-10,15H,2,6,8,11H2,1H3. The predicted octanol–water partition coefficient (Wildman–Crippen LogP) is 2.87. The quantitative estimate of drug-likeness (QED) is 0.833. The van der Waals surface area contributed by atoms with Crippen LogP contribution in [0.25, 0.3) is 0 Å². The Bertz CT molecular complexity index is 457. The third kappa shape index (κ3) is 4.13. The number of rotatable bonds is 7. The molecule has 0 aliphatic rings. The van der Waals surface area contributed by atoms with Crippen molar-refractivity contribution in [3.05, 3.63) is 46.3 Å². The van der Waals surface area contributed by atoms with Gasteiger partial charge in [0, 0.05) is 30.1 Å². The second kappa shape index (κ2) is 7.13. The molecule has 0 aromatic carbocycles. The molecule has 0 aliphatic carbocycles. The maximum Gasteiger partial charge on any atom is 0.213 e. The molecule has 0 atom stereocenters. The first-order valence-electron chi connectivity index (χ1n) is 6.19. The van der Waals surface area contributed by atoms with Crippen molar-refractivity contribution in [1.29, 1.82) is 0 Å². The highest BCUT2D eigenvalue weighted by Crippen LogP contribution is 2.12. The van der Waals surface area contributed by atoms with Crippen LogP contribution in [0.2, 0.25) is 0 Å². The number of thiophene rings is 1. The molecule has 96 valence electrons. The molecule has 1 N–H and O–H groups in total. The summed E-state index contributed by atoms with van der Waals surface area (Å²) in [4.78, 5) is 5.57. The number of ether oxygens (including phenoxy) is 1. The fraction of sp³-hybridized carbons (Fsp3) is 0.357. The van der Waals surface area contributed by atoms with Gasteiger partial charge in [-0.15, -0.1) is 11.3 Å². The number of nitrogens with zero attached hydrogens (tertiary/aromatic N) is 1. The van der Waals surface area contributed by atoms with Crippen molar-refractivity contribution in [2.24, 2.45) is 0 Å². The number of hydrogen-bond donors (Lipinski definition) is 1. The van der Waals surface area contributed by atoms with Crippen LogP contribution in [-0.4, -0.2) is 18.1 Å². The van der Waals surface area contributed by atoms with Gasteiger partial charge in [-0.05, 0) is 29.6 Å². The first kappa shape index (κ1) is 13.1. The average Bonchev–Trinajstić information content (AvgIpc) is 2.90. The monoisotopic (exact) mass is 262 g/mol. The Morgan fingerprint density at radius 1 is 1.39 bits per heavy atom. The van der Waals surface area contributed by atoms with Gasteiger partial charge in [-0.1, -0.05) is 13.0 Å². The van der Waals surface area contributed by atoms with Crippen LogP contribution in [0.15, 0.2) is 35.8 Å². The van der Waals surface area contributed by atoms with E-state index >= 15 is 0 Å². The molecule has 2 aromatic rings. The normalized spacial score (nSPS) is 10.5. The summed E-state index contributed by atoms with van der Waals surface area (Å²) in [5, 5.41) is 5.38. The van der Waals surface area contributed by atoms with E-state index < -0.39 is 0 Å². The maximum absolute atomic E-state index is 5.67. The molecule has 0 saturated carbocycles. The zero-order valence-corrected chi connectivity index (χ0v) is 11.4. The topological polar surface area (TPSA) is 34.2 Å². The van der Waals surface area contributed by atoms with Crippen LogP contribution in [0.1, 0.15) is 17.4 Å². The summed E-state index contributed by atoms with van der Waals surface area (Å²) >= 11 is 1.76. The lowest BCUT2D eigenvalue weighted by molar-refractivity contribution is 0.310. The lowest BCUT2D eigenvalue weighted by Crippen LogP contribution is -2.12. The summed E-state index contributed by atoms with van der Waals surface area (Å²) < 4.78 is 5.67. The molecule has 0 spiro atoms. The number of hydrogen-bond acceptors (Lipinski definition) is 4. The highest BCUT2D eigenvalue weighted by molar-refractivity contribution is 7.09. The molecule has 0 saturated heterocycles. The van der Waals surface area contributed by atoms with Gasteiger partial charge in [0.1, 0.15) is 0 Å². The zero-order chi connectivity index (χ0) is 12.6. The van der Waals surface area contributed by atoms with E-state index in [1.54, 1.807) is 17.5 Å². The smallest absolute Gasteiger partial charge is 0.213 e. The van der Waals surface area contributed by atoms with Crippen LogP contribution < -0.4 is 10.1 Å². The molecule has 0 amide bonds. The summed E-state index contributed by atoms with van der Waals surface area (Å²) in [6.45, 7) is 4.61. The van der Waals surface area contributed by atoms with E-state index in [2.05, 4.69) is 34.7 Å². The van der Waals surface area contributed by atoms with Crippen molar-refractivity contribution in [3.8, 4) is 5.88 Å². The minimum absolute atomic E-state index is 0.679. The van der Waals surface area contributed by atoms with Crippen LogP contribution in [0, 0.1) is 0 Å². The number of pyridine rings is 1. The average molecular weight is 262 g/mol. The summed E-state index contributed by atoms with van der Waals surface area (Å²) in [5.41, 5.74) is 1.21. The first-order chi connectivity index (χ1) is 8.88. The number of nitrogens with one attached hydrogen (secondary N) is 1. The number of aromatic nitrogens is 1. The van der Waals surface area contributed by atoms with Crippen molar-refractivity contribution in [2.75, 3.05) is 13.2 Å². The predicted molar refractivity (Wildman–Crippen MR) is 75.1 cm³/mol. The van der Waals surface area contributed by atoms with Crippen LogP contribution in [0.3, 0.4) is 0 Å². The van der Waals surface area contributed by atoms with E-state index in [1.165, 1.54) is 10.4 Å². The molecule has 0 radical (unpaired) electrons. The maximum atomic E-state index is 5.67. The van der Waals surface area contributed by atoms with Crippen molar-refractivity contribution < 1.29 is 4.74 Å². The Kier molecular flexibility index (Phi) is 5.17. The largest absolute Gasteiger partial charge is 0.477 e. The Morgan fingerprint density at radius 2 is 2.33 bits per heavy atom. The second-order valence-corrected chi connectivity index (χ2v) is 4.99. The summed E-state index contributed by atoms with van der Waals surface area (Å²) in [7, 11) is 0. The third-order valence-electron chi connectivity index (χ3n) is 2.56. The van der Waals surface area contributed by atoms with Gasteiger partial charge < -0.3 is 10.1 Å². The molecule has 0 fully saturated rings.